The smallest absolute Gasteiger partial charge is 0.233 e. The number of nitrogens with zero attached hydrogens (tertiary/aromatic N) is 2. The first-order valence-electron chi connectivity index (χ1n) is 8.90. The highest BCUT2D eigenvalue weighted by molar-refractivity contribution is 8.00. The van der Waals surface area contributed by atoms with E-state index in [2.05, 4.69) is 33.5 Å². The van der Waals surface area contributed by atoms with E-state index in [0.717, 1.165) is 31.4 Å². The van der Waals surface area contributed by atoms with Crippen molar-refractivity contribution in [2.24, 2.45) is 0 Å². The molecular formula is C21H19N3O2S2. The zero-order chi connectivity index (χ0) is 19.5. The summed E-state index contributed by atoms with van der Waals surface area (Å²) in [6, 6.07) is 16.0. The van der Waals surface area contributed by atoms with Crippen molar-refractivity contribution < 1.29 is 9.21 Å². The van der Waals surface area contributed by atoms with Crippen LogP contribution in [0, 0.1) is 6.92 Å². The highest BCUT2D eigenvalue weighted by Gasteiger charge is 2.19. The monoisotopic (exact) mass is 409 g/mol. The van der Waals surface area contributed by atoms with Crippen LogP contribution >= 0.6 is 23.1 Å². The average molecular weight is 410 g/mol. The summed E-state index contributed by atoms with van der Waals surface area (Å²) in [7, 11) is 0. The Kier molecular flexibility index (Phi) is 5.45. The van der Waals surface area contributed by atoms with Crippen LogP contribution in [0.2, 0.25) is 0 Å². The Hall–Kier alpha value is -2.64. The summed E-state index contributed by atoms with van der Waals surface area (Å²) in [5.41, 5.74) is 1.16. The fourth-order valence-electron chi connectivity index (χ4n) is 2.78. The van der Waals surface area contributed by atoms with Crippen LogP contribution in [-0.4, -0.2) is 21.1 Å². The van der Waals surface area contributed by atoms with E-state index < -0.39 is 0 Å². The molecular weight excluding hydrogens is 390 g/mol. The van der Waals surface area contributed by atoms with Crippen LogP contribution in [0.3, 0.4) is 0 Å². The van der Waals surface area contributed by atoms with Crippen LogP contribution in [0.5, 0.6) is 0 Å². The van der Waals surface area contributed by atoms with Crippen molar-refractivity contribution in [2.45, 2.75) is 30.7 Å². The molecule has 4 aromatic rings. The number of aromatic nitrogens is 2. The molecule has 0 unspecified atom stereocenters. The minimum Gasteiger partial charge on any atom is -0.467 e. The molecule has 0 aliphatic heterocycles. The molecule has 0 saturated carbocycles. The minimum absolute atomic E-state index is 0.0515. The molecule has 0 bridgehead atoms. The van der Waals surface area contributed by atoms with Crippen molar-refractivity contribution in [3.05, 3.63) is 66.4 Å². The first kappa shape index (κ1) is 18.7. The Labute approximate surface area is 171 Å². The molecule has 0 aliphatic rings. The molecule has 7 heteroatoms. The number of hydrogen-bond acceptors (Lipinski definition) is 6. The lowest BCUT2D eigenvalue weighted by atomic mass is 10.2. The molecule has 0 aliphatic carbocycles. The predicted molar refractivity (Wildman–Crippen MR) is 113 cm³/mol. The van der Waals surface area contributed by atoms with Crippen LogP contribution < -0.4 is 5.32 Å². The number of thioether (sulfide) groups is 1. The number of carbonyl (C=O) groups excluding carboxylic acids is 1. The zero-order valence-corrected chi connectivity index (χ0v) is 17.1. The molecule has 4 rings (SSSR count). The van der Waals surface area contributed by atoms with E-state index in [1.165, 1.54) is 11.8 Å². The largest absolute Gasteiger partial charge is 0.467 e. The zero-order valence-electron chi connectivity index (χ0n) is 15.5. The van der Waals surface area contributed by atoms with Gasteiger partial charge in [0.2, 0.25) is 5.91 Å². The van der Waals surface area contributed by atoms with Crippen LogP contribution in [0.1, 0.15) is 18.5 Å². The number of thiophene rings is 1. The molecule has 1 aromatic carbocycles. The SMILES string of the molecule is Cc1nc(S[C@@H](C)C(=O)NCc2ccco2)c2cc(-c3ccccc3)sc2n1. The Bertz CT molecular complexity index is 1090. The number of fused-ring (bicyclic) bond motifs is 1. The molecule has 0 saturated heterocycles. The molecule has 1 atom stereocenters. The van der Waals surface area contributed by atoms with Gasteiger partial charge in [0.1, 0.15) is 21.4 Å². The van der Waals surface area contributed by atoms with E-state index in [0.29, 0.717) is 12.4 Å². The Morgan fingerprint density at radius 3 is 2.79 bits per heavy atom. The van der Waals surface area contributed by atoms with Gasteiger partial charge in [0.05, 0.1) is 18.1 Å². The Balaban J connectivity index is 1.55. The first-order chi connectivity index (χ1) is 13.6. The average Bonchev–Trinajstić information content (AvgIpc) is 3.36. The molecule has 142 valence electrons. The fourth-order valence-corrected chi connectivity index (χ4v) is 4.92. The van der Waals surface area contributed by atoms with E-state index in [1.54, 1.807) is 23.7 Å². The molecule has 5 nitrogen and oxygen atoms in total. The highest BCUT2D eigenvalue weighted by Crippen LogP contribution is 2.37. The van der Waals surface area contributed by atoms with E-state index in [-0.39, 0.29) is 11.2 Å². The Morgan fingerprint density at radius 1 is 1.21 bits per heavy atom. The van der Waals surface area contributed by atoms with Gasteiger partial charge in [-0.05, 0) is 37.6 Å². The molecule has 1 amide bonds. The van der Waals surface area contributed by atoms with E-state index >= 15 is 0 Å². The summed E-state index contributed by atoms with van der Waals surface area (Å²) in [5, 5.41) is 4.45. The third kappa shape index (κ3) is 4.10. The second-order valence-corrected chi connectivity index (χ2v) is 8.69. The number of rotatable bonds is 6. The maximum Gasteiger partial charge on any atom is 0.233 e. The Morgan fingerprint density at radius 2 is 2.04 bits per heavy atom. The third-order valence-corrected chi connectivity index (χ3v) is 6.38. The van der Waals surface area contributed by atoms with Crippen molar-refractivity contribution >= 4 is 39.2 Å². The standard InChI is InChI=1S/C21H19N3O2S2/c1-13(19(25)22-12-16-9-6-10-26-16)27-20-17-11-18(15-7-4-3-5-8-15)28-21(17)24-14(2)23-20/h3-11,13H,12H2,1-2H3,(H,22,25)/t13-/m0/s1. The number of hydrogen-bond donors (Lipinski definition) is 1. The van der Waals surface area contributed by atoms with Gasteiger partial charge >= 0.3 is 0 Å². The van der Waals surface area contributed by atoms with Gasteiger partial charge in [-0.25, -0.2) is 9.97 Å². The second kappa shape index (κ2) is 8.16. The van der Waals surface area contributed by atoms with E-state index in [1.807, 2.05) is 38.1 Å². The molecule has 0 radical (unpaired) electrons. The van der Waals surface area contributed by atoms with Crippen molar-refractivity contribution in [3.8, 4) is 10.4 Å². The number of aryl methyl sites for hydroxylation is 1. The van der Waals surface area contributed by atoms with E-state index in [4.69, 9.17) is 4.42 Å². The van der Waals surface area contributed by atoms with Crippen molar-refractivity contribution in [3.63, 3.8) is 0 Å². The first-order valence-corrected chi connectivity index (χ1v) is 10.6. The quantitative estimate of drug-likeness (QED) is 0.356. The molecule has 3 heterocycles. The minimum atomic E-state index is -0.285. The van der Waals surface area contributed by atoms with E-state index in [9.17, 15) is 4.79 Å². The van der Waals surface area contributed by atoms with Crippen LogP contribution in [0.15, 0.2) is 64.2 Å². The van der Waals surface area contributed by atoms with Gasteiger partial charge in [-0.1, -0.05) is 42.1 Å². The van der Waals surface area contributed by atoms with Gasteiger partial charge in [0.25, 0.3) is 0 Å². The highest BCUT2D eigenvalue weighted by atomic mass is 32.2. The summed E-state index contributed by atoms with van der Waals surface area (Å²) in [6.07, 6.45) is 1.60. The third-order valence-electron chi connectivity index (χ3n) is 4.20. The lowest BCUT2D eigenvalue weighted by molar-refractivity contribution is -0.120. The summed E-state index contributed by atoms with van der Waals surface area (Å²) in [5.74, 6) is 1.39. The lowest BCUT2D eigenvalue weighted by Crippen LogP contribution is -2.30. The van der Waals surface area contributed by atoms with Gasteiger partial charge in [0.15, 0.2) is 0 Å². The van der Waals surface area contributed by atoms with Crippen molar-refractivity contribution in [1.29, 1.82) is 0 Å². The number of amides is 1. The fraction of sp³-hybridized carbons (Fsp3) is 0.190. The summed E-state index contributed by atoms with van der Waals surface area (Å²) < 4.78 is 5.26. The molecule has 1 N–H and O–H groups in total. The molecule has 3 aromatic heterocycles. The topological polar surface area (TPSA) is 68.0 Å². The van der Waals surface area contributed by atoms with Crippen LogP contribution in [-0.2, 0) is 11.3 Å². The van der Waals surface area contributed by atoms with Crippen LogP contribution in [0.25, 0.3) is 20.7 Å². The summed E-state index contributed by atoms with van der Waals surface area (Å²) >= 11 is 3.10. The van der Waals surface area contributed by atoms with Gasteiger partial charge in [-0.3, -0.25) is 4.79 Å². The molecule has 28 heavy (non-hydrogen) atoms. The van der Waals surface area contributed by atoms with Gasteiger partial charge < -0.3 is 9.73 Å². The molecule has 0 fully saturated rings. The normalized spacial score (nSPS) is 12.2. The number of furan rings is 1. The maximum absolute atomic E-state index is 12.5. The van der Waals surface area contributed by atoms with Gasteiger partial charge in [-0.15, -0.1) is 11.3 Å². The maximum atomic E-state index is 12.5. The van der Waals surface area contributed by atoms with Gasteiger partial charge in [0, 0.05) is 10.3 Å². The van der Waals surface area contributed by atoms with Crippen LogP contribution in [0.4, 0.5) is 0 Å². The van der Waals surface area contributed by atoms with Crippen molar-refractivity contribution in [1.82, 2.24) is 15.3 Å². The predicted octanol–water partition coefficient (Wildman–Crippen LogP) is 5.06. The lowest BCUT2D eigenvalue weighted by Gasteiger charge is -2.11. The summed E-state index contributed by atoms with van der Waals surface area (Å²) in [6.45, 7) is 4.15. The molecule has 0 spiro atoms. The second-order valence-electron chi connectivity index (χ2n) is 6.33. The summed E-state index contributed by atoms with van der Waals surface area (Å²) in [4.78, 5) is 23.7. The van der Waals surface area contributed by atoms with Crippen molar-refractivity contribution in [2.75, 3.05) is 0 Å². The number of carbonyl (C=O) groups is 1. The number of nitrogens with one attached hydrogen (secondary N) is 1. The number of benzene rings is 1. The van der Waals surface area contributed by atoms with Gasteiger partial charge in [-0.2, -0.15) is 0 Å².